The van der Waals surface area contributed by atoms with Gasteiger partial charge in [0.15, 0.2) is 5.41 Å². The van der Waals surface area contributed by atoms with Crippen LogP contribution in [0, 0.1) is 0 Å². The van der Waals surface area contributed by atoms with Crippen molar-refractivity contribution < 1.29 is 28.8 Å². The highest BCUT2D eigenvalue weighted by Crippen LogP contribution is 2.43. The van der Waals surface area contributed by atoms with E-state index in [4.69, 9.17) is 23.7 Å². The fourth-order valence-corrected chi connectivity index (χ4v) is 5.51. The molecule has 0 spiro atoms. The fourth-order valence-electron chi connectivity index (χ4n) is 3.72. The molecular weight excluding hydrogens is 364 g/mol. The highest BCUT2D eigenvalue weighted by atomic mass is 28.3. The molecule has 3 rings (SSSR count). The number of hydrogen-bond donors (Lipinski definition) is 1. The molecule has 0 amide bonds. The summed E-state index contributed by atoms with van der Waals surface area (Å²) >= 11 is 0. The van der Waals surface area contributed by atoms with Gasteiger partial charge in [-0.05, 0) is 38.5 Å². The van der Waals surface area contributed by atoms with Crippen LogP contribution >= 0.6 is 0 Å². The maximum absolute atomic E-state index is 10.9. The van der Waals surface area contributed by atoms with E-state index in [1.807, 2.05) is 45.0 Å². The molecule has 0 aliphatic carbocycles. The van der Waals surface area contributed by atoms with Gasteiger partial charge in [-0.1, -0.05) is 25.2 Å². The standard InChI is InChI=1S/C20H32O6Si/c1-19(2,3)26-18-17(23-11-13-7-9-14(22-4)10-8-13)16(21)15-12-24-20(18,25-15)27(5)6/h7-10,15-18,21,27H,11-12H2,1-6H3/t15-,16+,17+,18-,20-/m1/s1. The number of hydrogen-bond acceptors (Lipinski definition) is 6. The monoisotopic (exact) mass is 396 g/mol. The maximum atomic E-state index is 10.9. The van der Waals surface area contributed by atoms with Crippen LogP contribution in [-0.4, -0.2) is 63.0 Å². The van der Waals surface area contributed by atoms with Crippen LogP contribution in [0.25, 0.3) is 0 Å². The number of rotatable bonds is 6. The molecule has 6 nitrogen and oxygen atoms in total. The van der Waals surface area contributed by atoms with Gasteiger partial charge >= 0.3 is 0 Å². The van der Waals surface area contributed by atoms with Crippen LogP contribution in [0.2, 0.25) is 13.1 Å². The summed E-state index contributed by atoms with van der Waals surface area (Å²) in [5.41, 5.74) is -0.181. The quantitative estimate of drug-likeness (QED) is 0.744. The van der Waals surface area contributed by atoms with Crippen LogP contribution in [0.4, 0.5) is 0 Å². The Kier molecular flexibility index (Phi) is 6.01. The van der Waals surface area contributed by atoms with Gasteiger partial charge in [-0.25, -0.2) is 0 Å². The molecule has 1 aromatic rings. The zero-order valence-electron chi connectivity index (χ0n) is 17.1. The van der Waals surface area contributed by atoms with Crippen LogP contribution in [0.1, 0.15) is 26.3 Å². The van der Waals surface area contributed by atoms with Crippen molar-refractivity contribution in [3.63, 3.8) is 0 Å². The highest BCUT2D eigenvalue weighted by Gasteiger charge is 2.63. The van der Waals surface area contributed by atoms with Gasteiger partial charge in [0.1, 0.15) is 39.0 Å². The van der Waals surface area contributed by atoms with Gasteiger partial charge in [0.05, 0.1) is 25.9 Å². The Morgan fingerprint density at radius 1 is 1.22 bits per heavy atom. The summed E-state index contributed by atoms with van der Waals surface area (Å²) in [6.07, 6.45) is -2.15. The minimum Gasteiger partial charge on any atom is -0.497 e. The molecule has 2 saturated heterocycles. The summed E-state index contributed by atoms with van der Waals surface area (Å²) in [6.45, 7) is 11.1. The van der Waals surface area contributed by atoms with Gasteiger partial charge < -0.3 is 28.8 Å². The van der Waals surface area contributed by atoms with Crippen molar-refractivity contribution in [2.45, 2.75) is 75.9 Å². The molecule has 2 aliphatic rings. The van der Waals surface area contributed by atoms with Crippen LogP contribution in [0.5, 0.6) is 5.75 Å². The van der Waals surface area contributed by atoms with Crippen molar-refractivity contribution in [1.82, 2.24) is 0 Å². The van der Waals surface area contributed by atoms with Crippen LogP contribution in [0.3, 0.4) is 0 Å². The van der Waals surface area contributed by atoms with Gasteiger partial charge in [0, 0.05) is 0 Å². The topological polar surface area (TPSA) is 66.4 Å². The molecule has 1 aromatic carbocycles. The first-order valence-corrected chi connectivity index (χ1v) is 12.5. The van der Waals surface area contributed by atoms with Crippen molar-refractivity contribution in [3.05, 3.63) is 29.8 Å². The van der Waals surface area contributed by atoms with Gasteiger partial charge in [0.25, 0.3) is 0 Å². The third-order valence-corrected chi connectivity index (χ3v) is 7.35. The second-order valence-corrected chi connectivity index (χ2v) is 11.7. The number of ether oxygens (including phenoxy) is 5. The molecule has 1 N–H and O–H groups in total. The normalized spacial score (nSPS) is 33.5. The lowest BCUT2D eigenvalue weighted by molar-refractivity contribution is -0.297. The van der Waals surface area contributed by atoms with E-state index in [0.29, 0.717) is 13.2 Å². The van der Waals surface area contributed by atoms with Gasteiger partial charge in [-0.2, -0.15) is 0 Å². The predicted octanol–water partition coefficient (Wildman–Crippen LogP) is 2.28. The van der Waals surface area contributed by atoms with Crippen molar-refractivity contribution in [2.24, 2.45) is 0 Å². The highest BCUT2D eigenvalue weighted by molar-refractivity contribution is 6.59. The molecule has 7 heteroatoms. The van der Waals surface area contributed by atoms with Crippen molar-refractivity contribution in [1.29, 1.82) is 0 Å². The fraction of sp³-hybridized carbons (Fsp3) is 0.700. The zero-order valence-corrected chi connectivity index (χ0v) is 18.3. The SMILES string of the molecule is COc1ccc(CO[C@H]2[C@@H](O)[C@H]3CO[C@@]([SiH](C)C)(O3)[C@@H]2OC(C)(C)C)cc1. The first-order valence-electron chi connectivity index (χ1n) is 9.58. The molecule has 2 fully saturated rings. The molecule has 0 saturated carbocycles. The average molecular weight is 397 g/mol. The second-order valence-electron chi connectivity index (χ2n) is 8.61. The Balaban J connectivity index is 1.82. The van der Waals surface area contributed by atoms with Crippen molar-refractivity contribution in [3.8, 4) is 5.75 Å². The van der Waals surface area contributed by atoms with Crippen molar-refractivity contribution >= 4 is 8.80 Å². The summed E-state index contributed by atoms with van der Waals surface area (Å²) in [7, 11) is 0.196. The Labute approximate surface area is 163 Å². The molecule has 2 heterocycles. The number of fused-ring (bicyclic) bond motifs is 2. The van der Waals surface area contributed by atoms with Gasteiger partial charge in [0.2, 0.25) is 0 Å². The van der Waals surface area contributed by atoms with E-state index in [0.717, 1.165) is 11.3 Å². The minimum atomic E-state index is -1.45. The molecule has 0 radical (unpaired) electrons. The largest absolute Gasteiger partial charge is 0.497 e. The summed E-state index contributed by atoms with van der Waals surface area (Å²) < 4.78 is 30.1. The summed E-state index contributed by atoms with van der Waals surface area (Å²) in [6, 6.07) is 7.72. The number of aliphatic hydroxyl groups excluding tert-OH is 1. The summed E-state index contributed by atoms with van der Waals surface area (Å²) in [5.74, 6) is 0.801. The van der Waals surface area contributed by atoms with E-state index in [9.17, 15) is 5.11 Å². The third-order valence-electron chi connectivity index (χ3n) is 5.11. The van der Waals surface area contributed by atoms with Crippen LogP contribution < -0.4 is 4.74 Å². The van der Waals surface area contributed by atoms with Crippen LogP contribution in [0.15, 0.2) is 24.3 Å². The van der Waals surface area contributed by atoms with Gasteiger partial charge in [-0.15, -0.1) is 0 Å². The first kappa shape index (κ1) is 20.8. The van der Waals surface area contributed by atoms with E-state index in [-0.39, 0.29) is 6.10 Å². The number of benzene rings is 1. The molecule has 2 bridgehead atoms. The Morgan fingerprint density at radius 3 is 2.44 bits per heavy atom. The molecule has 27 heavy (non-hydrogen) atoms. The third kappa shape index (κ3) is 4.23. The molecule has 152 valence electrons. The predicted molar refractivity (Wildman–Crippen MR) is 105 cm³/mol. The minimum absolute atomic E-state index is 0.373. The lowest BCUT2D eigenvalue weighted by Gasteiger charge is -2.49. The van der Waals surface area contributed by atoms with Crippen molar-refractivity contribution in [2.75, 3.05) is 13.7 Å². The zero-order chi connectivity index (χ0) is 19.8. The Hall–Kier alpha value is -0.963. The number of methoxy groups -OCH3 is 1. The molecular formula is C20H32O6Si. The number of aliphatic hydroxyl groups is 1. The molecule has 0 unspecified atom stereocenters. The van der Waals surface area contributed by atoms with E-state index in [1.54, 1.807) is 7.11 Å². The summed E-state index contributed by atoms with van der Waals surface area (Å²) in [4.78, 5) is 0. The Morgan fingerprint density at radius 2 is 1.89 bits per heavy atom. The Bertz CT molecular complexity index is 628. The smallest absolute Gasteiger partial charge is 0.176 e. The average Bonchev–Trinajstić information content (AvgIpc) is 3.02. The second kappa shape index (κ2) is 7.81. The lowest BCUT2D eigenvalue weighted by atomic mass is 9.99. The molecule has 2 aliphatic heterocycles. The molecule has 5 atom stereocenters. The van der Waals surface area contributed by atoms with E-state index < -0.39 is 38.1 Å². The maximum Gasteiger partial charge on any atom is 0.176 e. The van der Waals surface area contributed by atoms with E-state index in [2.05, 4.69) is 13.1 Å². The van der Waals surface area contributed by atoms with E-state index >= 15 is 0 Å². The van der Waals surface area contributed by atoms with E-state index in [1.165, 1.54) is 0 Å². The van der Waals surface area contributed by atoms with Crippen LogP contribution in [-0.2, 0) is 25.6 Å². The molecule has 0 aromatic heterocycles. The van der Waals surface area contributed by atoms with Gasteiger partial charge in [-0.3, -0.25) is 0 Å². The first-order chi connectivity index (χ1) is 12.7. The summed E-state index contributed by atoms with van der Waals surface area (Å²) in [5, 5.41) is 10.9. The lowest BCUT2D eigenvalue weighted by Crippen LogP contribution is -2.67.